The molecule has 6 heterocycles. The van der Waals surface area contributed by atoms with Crippen molar-refractivity contribution in [2.75, 3.05) is 13.1 Å². The Bertz CT molecular complexity index is 1810. The van der Waals surface area contributed by atoms with Crippen molar-refractivity contribution in [3.05, 3.63) is 67.1 Å². The molecule has 0 atom stereocenters. The van der Waals surface area contributed by atoms with Gasteiger partial charge in [-0.1, -0.05) is 69.2 Å². The summed E-state index contributed by atoms with van der Waals surface area (Å²) in [5.74, 6) is 0.422. The number of carbonyl (C=O) groups excluding carboxylic acids is 2. The van der Waals surface area contributed by atoms with E-state index in [0.717, 1.165) is 21.1 Å². The lowest BCUT2D eigenvalue weighted by atomic mass is 9.95. The van der Waals surface area contributed by atoms with Gasteiger partial charge in [0, 0.05) is 42.0 Å². The molecule has 2 amide bonds. The second kappa shape index (κ2) is 11.1. The molecule has 4 aromatic heterocycles. The zero-order valence-corrected chi connectivity index (χ0v) is 30.6. The summed E-state index contributed by atoms with van der Waals surface area (Å²) < 4.78 is 2.64. The lowest BCUT2D eigenvalue weighted by Gasteiger charge is -2.26. The number of carbonyl (C=O) groups is 2. The van der Waals surface area contributed by atoms with Crippen LogP contribution in [0.3, 0.4) is 0 Å². The van der Waals surface area contributed by atoms with Crippen LogP contribution in [-0.4, -0.2) is 34.7 Å². The predicted octanol–water partition coefficient (Wildman–Crippen LogP) is 10.5. The van der Waals surface area contributed by atoms with Gasteiger partial charge in [-0.3, -0.25) is 9.59 Å². The topological polar surface area (TPSA) is 40.6 Å². The van der Waals surface area contributed by atoms with Gasteiger partial charge in [0.1, 0.15) is 0 Å². The molecule has 232 valence electrons. The molecule has 0 radical (unpaired) electrons. The summed E-state index contributed by atoms with van der Waals surface area (Å²) in [6.07, 6.45) is 0. The average molecular weight is 663 g/mol. The van der Waals surface area contributed by atoms with E-state index in [4.69, 9.17) is 0 Å². The number of rotatable bonds is 7. The van der Waals surface area contributed by atoms with E-state index in [1.54, 1.807) is 22.7 Å². The van der Waals surface area contributed by atoms with Crippen molar-refractivity contribution in [1.29, 1.82) is 0 Å². The van der Waals surface area contributed by atoms with Crippen molar-refractivity contribution < 1.29 is 9.59 Å². The van der Waals surface area contributed by atoms with E-state index < -0.39 is 0 Å². The SMILES string of the molecule is CC(C)CN1C(=O)C2=C(c3ccc(C(C)(C)C)s3)N(CC(C)C)C(=O)C2=C1c1ccc(-c2cc3sc(C(C)(C)C)cc3s2)s1. The number of amides is 2. The quantitative estimate of drug-likeness (QED) is 0.198. The van der Waals surface area contributed by atoms with E-state index in [2.05, 4.69) is 106 Å². The third kappa shape index (κ3) is 5.46. The van der Waals surface area contributed by atoms with Crippen LogP contribution in [0.15, 0.2) is 47.5 Å². The Kier molecular flexibility index (Phi) is 7.92. The van der Waals surface area contributed by atoms with Crippen LogP contribution < -0.4 is 0 Å². The van der Waals surface area contributed by atoms with E-state index in [1.165, 1.54) is 28.9 Å². The lowest BCUT2D eigenvalue weighted by molar-refractivity contribution is -0.124. The summed E-state index contributed by atoms with van der Waals surface area (Å²) >= 11 is 7.09. The highest BCUT2D eigenvalue weighted by molar-refractivity contribution is 7.31. The van der Waals surface area contributed by atoms with Crippen LogP contribution in [0.4, 0.5) is 0 Å². The van der Waals surface area contributed by atoms with Crippen LogP contribution in [-0.2, 0) is 20.4 Å². The van der Waals surface area contributed by atoms with Gasteiger partial charge in [0.05, 0.1) is 32.3 Å². The molecule has 0 saturated carbocycles. The fourth-order valence-electron chi connectivity index (χ4n) is 5.78. The van der Waals surface area contributed by atoms with E-state index in [1.807, 2.05) is 32.5 Å². The maximum atomic E-state index is 14.4. The lowest BCUT2D eigenvalue weighted by Crippen LogP contribution is -2.33. The van der Waals surface area contributed by atoms with Gasteiger partial charge < -0.3 is 9.80 Å². The normalized spacial score (nSPS) is 16.4. The molecular weight excluding hydrogens is 621 g/mol. The second-order valence-corrected chi connectivity index (χ2v) is 19.2. The van der Waals surface area contributed by atoms with Crippen molar-refractivity contribution in [1.82, 2.24) is 9.80 Å². The van der Waals surface area contributed by atoms with Crippen molar-refractivity contribution in [3.63, 3.8) is 0 Å². The van der Waals surface area contributed by atoms with Gasteiger partial charge in [-0.05, 0) is 59.1 Å². The minimum Gasteiger partial charge on any atom is -0.306 e. The van der Waals surface area contributed by atoms with Crippen molar-refractivity contribution in [2.45, 2.75) is 80.1 Å². The predicted molar refractivity (Wildman–Crippen MR) is 192 cm³/mol. The average Bonchev–Trinajstić information content (AvgIpc) is 3.71. The Labute approximate surface area is 277 Å². The number of hydrogen-bond donors (Lipinski definition) is 0. The fourth-order valence-corrected chi connectivity index (χ4v) is 10.5. The van der Waals surface area contributed by atoms with Crippen LogP contribution in [0.5, 0.6) is 0 Å². The zero-order chi connectivity index (χ0) is 31.9. The number of hydrogen-bond acceptors (Lipinski definition) is 6. The first-order chi connectivity index (χ1) is 20.5. The van der Waals surface area contributed by atoms with Crippen LogP contribution in [0.25, 0.3) is 30.5 Å². The van der Waals surface area contributed by atoms with Gasteiger partial charge in [-0.2, -0.15) is 0 Å². The number of thiophene rings is 4. The van der Waals surface area contributed by atoms with Crippen molar-refractivity contribution in [2.24, 2.45) is 11.8 Å². The number of nitrogens with zero attached hydrogens (tertiary/aromatic N) is 2. The Morgan fingerprint density at radius 1 is 0.568 bits per heavy atom. The van der Waals surface area contributed by atoms with E-state index >= 15 is 0 Å². The molecule has 2 aliphatic heterocycles. The van der Waals surface area contributed by atoms with Gasteiger partial charge in [0.2, 0.25) is 0 Å². The van der Waals surface area contributed by atoms with Gasteiger partial charge in [0.15, 0.2) is 0 Å². The minimum absolute atomic E-state index is 0.00912. The third-order valence-corrected chi connectivity index (χ3v) is 13.4. The fraction of sp³-hybridized carbons (Fsp3) is 0.444. The molecule has 4 nitrogen and oxygen atoms in total. The molecule has 0 unspecified atom stereocenters. The summed E-state index contributed by atoms with van der Waals surface area (Å²) in [5.41, 5.74) is 2.86. The Morgan fingerprint density at radius 3 is 1.52 bits per heavy atom. The van der Waals surface area contributed by atoms with Crippen molar-refractivity contribution >= 4 is 78.0 Å². The summed E-state index contributed by atoms with van der Waals surface area (Å²) in [5, 5.41) is 0. The number of fused-ring (bicyclic) bond motifs is 2. The largest absolute Gasteiger partial charge is 0.306 e. The molecule has 0 N–H and O–H groups in total. The molecule has 0 aromatic carbocycles. The second-order valence-electron chi connectivity index (χ2n) is 14.8. The molecule has 0 saturated heterocycles. The van der Waals surface area contributed by atoms with Gasteiger partial charge in [-0.15, -0.1) is 45.3 Å². The molecule has 0 bridgehead atoms. The Balaban J connectivity index is 1.49. The van der Waals surface area contributed by atoms with Gasteiger partial charge in [-0.25, -0.2) is 0 Å². The van der Waals surface area contributed by atoms with Crippen LogP contribution in [0, 0.1) is 11.8 Å². The van der Waals surface area contributed by atoms with Crippen LogP contribution >= 0.6 is 45.3 Å². The molecule has 6 rings (SSSR count). The zero-order valence-electron chi connectivity index (χ0n) is 27.4. The first-order valence-electron chi connectivity index (χ1n) is 15.4. The van der Waals surface area contributed by atoms with Crippen LogP contribution in [0.2, 0.25) is 0 Å². The standard InChI is InChI=1S/C36H42N2O2S4/c1-19(2)17-37-31(22-12-11-21(41-22)24-15-25-26(42-24)16-28(44-25)36(8,9)10)29-30(34(37)40)32(38(33(29)39)18-20(3)4)23-13-14-27(43-23)35(5,6)7/h11-16,19-20H,17-18H2,1-10H3. The highest BCUT2D eigenvalue weighted by Crippen LogP contribution is 2.51. The maximum Gasteiger partial charge on any atom is 0.261 e. The highest BCUT2D eigenvalue weighted by Gasteiger charge is 2.49. The molecule has 2 aliphatic rings. The first-order valence-corrected chi connectivity index (χ1v) is 18.7. The van der Waals surface area contributed by atoms with Gasteiger partial charge >= 0.3 is 0 Å². The van der Waals surface area contributed by atoms with E-state index in [0.29, 0.717) is 24.2 Å². The maximum absolute atomic E-state index is 14.4. The summed E-state index contributed by atoms with van der Waals surface area (Å²) in [4.78, 5) is 39.6. The molecule has 0 fully saturated rings. The third-order valence-electron chi connectivity index (χ3n) is 7.88. The monoisotopic (exact) mass is 662 g/mol. The Morgan fingerprint density at radius 2 is 1.05 bits per heavy atom. The molecular formula is C36H42N2O2S4. The molecule has 0 aliphatic carbocycles. The molecule has 8 heteroatoms. The highest BCUT2D eigenvalue weighted by atomic mass is 32.1. The van der Waals surface area contributed by atoms with Gasteiger partial charge in [0.25, 0.3) is 11.8 Å². The molecule has 4 aromatic rings. The smallest absolute Gasteiger partial charge is 0.261 e. The van der Waals surface area contributed by atoms with E-state index in [-0.39, 0.29) is 34.5 Å². The van der Waals surface area contributed by atoms with E-state index in [9.17, 15) is 9.59 Å². The summed E-state index contributed by atoms with van der Waals surface area (Å²) in [6.45, 7) is 23.1. The van der Waals surface area contributed by atoms with Crippen LogP contribution in [0.1, 0.15) is 88.7 Å². The molecule has 44 heavy (non-hydrogen) atoms. The van der Waals surface area contributed by atoms with Crippen molar-refractivity contribution in [3.8, 4) is 9.75 Å². The Hall–Kier alpha value is -2.52. The minimum atomic E-state index is -0.0506. The summed E-state index contributed by atoms with van der Waals surface area (Å²) in [6, 6.07) is 13.2. The first kappa shape index (κ1) is 31.5. The molecule has 0 spiro atoms. The summed E-state index contributed by atoms with van der Waals surface area (Å²) in [7, 11) is 0.